The lowest BCUT2D eigenvalue weighted by Gasteiger charge is -2.15. The molecule has 3 aromatic rings. The molecule has 4 rings (SSSR count). The molecular formula is C25H26N2O3S2. The summed E-state index contributed by atoms with van der Waals surface area (Å²) in [5.74, 6) is -0.127. The Morgan fingerprint density at radius 2 is 1.44 bits per heavy atom. The zero-order valence-electron chi connectivity index (χ0n) is 18.0. The highest BCUT2D eigenvalue weighted by Crippen LogP contribution is 2.25. The van der Waals surface area contributed by atoms with Crippen molar-refractivity contribution in [2.75, 3.05) is 19.3 Å². The highest BCUT2D eigenvalue weighted by atomic mass is 32.2. The number of benzene rings is 3. The first-order valence-corrected chi connectivity index (χ1v) is 13.3. The van der Waals surface area contributed by atoms with E-state index in [4.69, 9.17) is 0 Å². The summed E-state index contributed by atoms with van der Waals surface area (Å²) in [4.78, 5) is 14.0. The van der Waals surface area contributed by atoms with Gasteiger partial charge in [0.1, 0.15) is 0 Å². The van der Waals surface area contributed by atoms with Crippen LogP contribution in [-0.2, 0) is 16.6 Å². The molecule has 5 nitrogen and oxygen atoms in total. The molecule has 0 radical (unpaired) electrons. The zero-order valence-corrected chi connectivity index (χ0v) is 19.6. The number of carbonyl (C=O) groups is 1. The largest absolute Gasteiger partial charge is 0.348 e. The van der Waals surface area contributed by atoms with Crippen LogP contribution in [0.4, 0.5) is 0 Å². The molecule has 3 aromatic carbocycles. The van der Waals surface area contributed by atoms with E-state index in [-0.39, 0.29) is 5.91 Å². The quantitative estimate of drug-likeness (QED) is 0.509. The first-order valence-electron chi connectivity index (χ1n) is 10.6. The Hall–Kier alpha value is -2.61. The topological polar surface area (TPSA) is 66.5 Å². The van der Waals surface area contributed by atoms with Crippen LogP contribution >= 0.6 is 11.8 Å². The third-order valence-electron chi connectivity index (χ3n) is 5.65. The van der Waals surface area contributed by atoms with E-state index in [9.17, 15) is 13.2 Å². The van der Waals surface area contributed by atoms with Crippen LogP contribution < -0.4 is 5.32 Å². The Balaban J connectivity index is 1.40. The maximum Gasteiger partial charge on any atom is 0.251 e. The lowest BCUT2D eigenvalue weighted by atomic mass is 10.0. The summed E-state index contributed by atoms with van der Waals surface area (Å²) in [7, 11) is -3.41. The van der Waals surface area contributed by atoms with Crippen LogP contribution in [0.15, 0.2) is 82.6 Å². The number of hydrogen-bond acceptors (Lipinski definition) is 4. The van der Waals surface area contributed by atoms with Crippen LogP contribution in [0.3, 0.4) is 0 Å². The number of rotatable bonds is 7. The van der Waals surface area contributed by atoms with Gasteiger partial charge in [-0.1, -0.05) is 36.4 Å². The summed E-state index contributed by atoms with van der Waals surface area (Å²) < 4.78 is 26.9. The lowest BCUT2D eigenvalue weighted by Crippen LogP contribution is -2.27. The minimum Gasteiger partial charge on any atom is -0.348 e. The highest BCUT2D eigenvalue weighted by molar-refractivity contribution is 7.98. The van der Waals surface area contributed by atoms with Gasteiger partial charge in [0, 0.05) is 30.1 Å². The second-order valence-electron chi connectivity index (χ2n) is 7.74. The molecule has 32 heavy (non-hydrogen) atoms. The molecule has 0 aromatic heterocycles. The third-order valence-corrected chi connectivity index (χ3v) is 8.31. The molecule has 0 atom stereocenters. The van der Waals surface area contributed by atoms with E-state index in [1.807, 2.05) is 54.8 Å². The van der Waals surface area contributed by atoms with Crippen LogP contribution in [0, 0.1) is 0 Å². The molecule has 1 N–H and O–H groups in total. The van der Waals surface area contributed by atoms with E-state index in [2.05, 4.69) is 5.32 Å². The summed E-state index contributed by atoms with van der Waals surface area (Å²) >= 11 is 1.69. The molecule has 0 unspecified atom stereocenters. The van der Waals surface area contributed by atoms with Gasteiger partial charge >= 0.3 is 0 Å². The van der Waals surface area contributed by atoms with E-state index in [1.54, 1.807) is 40.3 Å². The standard InChI is InChI=1S/C25H26N2O3S2/c1-31-23-12-4-19(5-13-23)18-26-25(28)22-8-6-20(7-9-22)21-10-14-24(15-11-21)32(29,30)27-16-2-3-17-27/h4-15H,2-3,16-18H2,1H3,(H,26,28). The van der Waals surface area contributed by atoms with E-state index in [1.165, 1.54) is 4.90 Å². The van der Waals surface area contributed by atoms with Gasteiger partial charge in [0.25, 0.3) is 5.91 Å². The Morgan fingerprint density at radius 1 is 0.875 bits per heavy atom. The van der Waals surface area contributed by atoms with Crippen molar-refractivity contribution in [1.82, 2.24) is 9.62 Å². The maximum atomic E-state index is 12.7. The summed E-state index contributed by atoms with van der Waals surface area (Å²) in [5.41, 5.74) is 3.48. The predicted molar refractivity (Wildman–Crippen MR) is 129 cm³/mol. The van der Waals surface area contributed by atoms with Crippen molar-refractivity contribution in [2.24, 2.45) is 0 Å². The van der Waals surface area contributed by atoms with Gasteiger partial charge in [-0.15, -0.1) is 11.8 Å². The minimum atomic E-state index is -3.41. The Bertz CT molecular complexity index is 1170. The molecular weight excluding hydrogens is 440 g/mol. The van der Waals surface area contributed by atoms with Crippen LogP contribution in [-0.4, -0.2) is 38.0 Å². The second kappa shape index (κ2) is 9.90. The lowest BCUT2D eigenvalue weighted by molar-refractivity contribution is 0.0951. The van der Waals surface area contributed by atoms with Crippen molar-refractivity contribution >= 4 is 27.7 Å². The zero-order chi connectivity index (χ0) is 22.6. The van der Waals surface area contributed by atoms with Gasteiger partial charge < -0.3 is 5.32 Å². The number of sulfonamides is 1. The molecule has 0 aliphatic carbocycles. The fraction of sp³-hybridized carbons (Fsp3) is 0.240. The maximum absolute atomic E-state index is 12.7. The molecule has 1 aliphatic rings. The molecule has 0 saturated carbocycles. The highest BCUT2D eigenvalue weighted by Gasteiger charge is 2.26. The number of nitrogens with zero attached hydrogens (tertiary/aromatic N) is 1. The van der Waals surface area contributed by atoms with Crippen molar-refractivity contribution in [3.8, 4) is 11.1 Å². The Kier molecular flexibility index (Phi) is 6.98. The van der Waals surface area contributed by atoms with Crippen LogP contribution in [0.25, 0.3) is 11.1 Å². The van der Waals surface area contributed by atoms with Gasteiger partial charge in [-0.2, -0.15) is 4.31 Å². The number of nitrogens with one attached hydrogen (secondary N) is 1. The Labute approximate surface area is 193 Å². The third kappa shape index (κ3) is 5.06. The van der Waals surface area contributed by atoms with Crippen molar-refractivity contribution in [1.29, 1.82) is 0 Å². The summed E-state index contributed by atoms with van der Waals surface area (Å²) in [5, 5.41) is 2.95. The van der Waals surface area contributed by atoms with Gasteiger partial charge in [0.05, 0.1) is 4.90 Å². The normalized spacial score (nSPS) is 14.4. The molecule has 166 valence electrons. The first-order chi connectivity index (χ1) is 15.5. The van der Waals surface area contributed by atoms with Gasteiger partial charge in [-0.25, -0.2) is 8.42 Å². The van der Waals surface area contributed by atoms with Crippen LogP contribution in [0.1, 0.15) is 28.8 Å². The molecule has 0 spiro atoms. The minimum absolute atomic E-state index is 0.127. The average molecular weight is 467 g/mol. The second-order valence-corrected chi connectivity index (χ2v) is 10.6. The molecule has 1 fully saturated rings. The van der Waals surface area contributed by atoms with Crippen molar-refractivity contribution in [3.05, 3.63) is 83.9 Å². The molecule has 1 heterocycles. The van der Waals surface area contributed by atoms with Gasteiger partial charge in [-0.3, -0.25) is 4.79 Å². The van der Waals surface area contributed by atoms with Gasteiger partial charge in [0.15, 0.2) is 0 Å². The van der Waals surface area contributed by atoms with E-state index >= 15 is 0 Å². The molecule has 0 bridgehead atoms. The molecule has 1 amide bonds. The predicted octanol–water partition coefficient (Wildman–Crippen LogP) is 4.79. The van der Waals surface area contributed by atoms with Crippen LogP contribution in [0.2, 0.25) is 0 Å². The van der Waals surface area contributed by atoms with Gasteiger partial charge in [0.2, 0.25) is 10.0 Å². The number of hydrogen-bond donors (Lipinski definition) is 1. The summed E-state index contributed by atoms with van der Waals surface area (Å²) in [6.45, 7) is 1.66. The first kappa shape index (κ1) is 22.6. The van der Waals surface area contributed by atoms with Crippen molar-refractivity contribution in [2.45, 2.75) is 29.2 Å². The van der Waals surface area contributed by atoms with Crippen molar-refractivity contribution < 1.29 is 13.2 Å². The monoisotopic (exact) mass is 466 g/mol. The Morgan fingerprint density at radius 3 is 2.00 bits per heavy atom. The summed E-state index contributed by atoms with van der Waals surface area (Å²) in [6.07, 6.45) is 3.87. The SMILES string of the molecule is CSc1ccc(CNC(=O)c2ccc(-c3ccc(S(=O)(=O)N4CCCC4)cc3)cc2)cc1. The van der Waals surface area contributed by atoms with E-state index in [0.29, 0.717) is 30.1 Å². The molecule has 1 saturated heterocycles. The van der Waals surface area contributed by atoms with Crippen molar-refractivity contribution in [3.63, 3.8) is 0 Å². The smallest absolute Gasteiger partial charge is 0.251 e. The number of carbonyl (C=O) groups excluding carboxylic acids is 1. The fourth-order valence-electron chi connectivity index (χ4n) is 3.74. The van der Waals surface area contributed by atoms with Crippen LogP contribution in [0.5, 0.6) is 0 Å². The molecule has 1 aliphatic heterocycles. The number of amides is 1. The van der Waals surface area contributed by atoms with Gasteiger partial charge in [-0.05, 0) is 72.2 Å². The molecule has 7 heteroatoms. The fourth-order valence-corrected chi connectivity index (χ4v) is 5.66. The number of thioether (sulfide) groups is 1. The van der Waals surface area contributed by atoms with E-state index in [0.717, 1.165) is 29.5 Å². The average Bonchev–Trinajstić information content (AvgIpc) is 3.39. The van der Waals surface area contributed by atoms with E-state index < -0.39 is 10.0 Å². The summed E-state index contributed by atoms with van der Waals surface area (Å²) in [6, 6.07) is 22.4.